The van der Waals surface area contributed by atoms with E-state index in [-0.39, 0.29) is 6.04 Å². The zero-order valence-corrected chi connectivity index (χ0v) is 12.4. The molecule has 1 aromatic carbocycles. The SMILES string of the molecule is CCCn1nccc1C(N)c1cc(Cl)cc(Br)c1. The van der Waals surface area contributed by atoms with Crippen molar-refractivity contribution < 1.29 is 0 Å². The molecular formula is C13H15BrClN3. The van der Waals surface area contributed by atoms with Gasteiger partial charge in [-0.15, -0.1) is 0 Å². The van der Waals surface area contributed by atoms with Crippen molar-refractivity contribution >= 4 is 27.5 Å². The molecule has 1 atom stereocenters. The molecule has 0 bridgehead atoms. The highest BCUT2D eigenvalue weighted by Gasteiger charge is 2.14. The van der Waals surface area contributed by atoms with E-state index in [1.54, 1.807) is 6.20 Å². The fourth-order valence-electron chi connectivity index (χ4n) is 1.93. The summed E-state index contributed by atoms with van der Waals surface area (Å²) in [6, 6.07) is 7.46. The van der Waals surface area contributed by atoms with Crippen LogP contribution in [0.4, 0.5) is 0 Å². The summed E-state index contributed by atoms with van der Waals surface area (Å²) in [6.45, 7) is 2.99. The Balaban J connectivity index is 2.34. The number of aromatic nitrogens is 2. The number of nitrogens with two attached hydrogens (primary N) is 1. The van der Waals surface area contributed by atoms with Crippen LogP contribution >= 0.6 is 27.5 Å². The van der Waals surface area contributed by atoms with Gasteiger partial charge in [-0.25, -0.2) is 0 Å². The van der Waals surface area contributed by atoms with Gasteiger partial charge in [0.15, 0.2) is 0 Å². The second kappa shape index (κ2) is 5.87. The van der Waals surface area contributed by atoms with Crippen molar-refractivity contribution in [3.63, 3.8) is 0 Å². The topological polar surface area (TPSA) is 43.8 Å². The van der Waals surface area contributed by atoms with Crippen LogP contribution in [-0.2, 0) is 6.54 Å². The van der Waals surface area contributed by atoms with Crippen LogP contribution in [0.1, 0.15) is 30.6 Å². The summed E-state index contributed by atoms with van der Waals surface area (Å²) in [5, 5.41) is 4.97. The van der Waals surface area contributed by atoms with Crippen molar-refractivity contribution in [2.75, 3.05) is 0 Å². The van der Waals surface area contributed by atoms with E-state index in [9.17, 15) is 0 Å². The Morgan fingerprint density at radius 1 is 1.44 bits per heavy atom. The van der Waals surface area contributed by atoms with Gasteiger partial charge in [0, 0.05) is 22.2 Å². The van der Waals surface area contributed by atoms with Gasteiger partial charge < -0.3 is 5.73 Å². The highest BCUT2D eigenvalue weighted by molar-refractivity contribution is 9.10. The highest BCUT2D eigenvalue weighted by atomic mass is 79.9. The Morgan fingerprint density at radius 2 is 2.22 bits per heavy atom. The van der Waals surface area contributed by atoms with Crippen LogP contribution in [0.5, 0.6) is 0 Å². The molecule has 2 rings (SSSR count). The molecule has 0 aliphatic heterocycles. The number of benzene rings is 1. The van der Waals surface area contributed by atoms with Gasteiger partial charge in [0.2, 0.25) is 0 Å². The summed E-state index contributed by atoms with van der Waals surface area (Å²) in [6.07, 6.45) is 2.81. The van der Waals surface area contributed by atoms with E-state index < -0.39 is 0 Å². The summed E-state index contributed by atoms with van der Waals surface area (Å²) in [5.41, 5.74) is 8.27. The predicted molar refractivity (Wildman–Crippen MR) is 77.7 cm³/mol. The largest absolute Gasteiger partial charge is 0.319 e. The first-order valence-corrected chi connectivity index (χ1v) is 7.02. The van der Waals surface area contributed by atoms with Gasteiger partial charge in [-0.2, -0.15) is 5.10 Å². The van der Waals surface area contributed by atoms with Gasteiger partial charge in [0.25, 0.3) is 0 Å². The molecule has 0 spiro atoms. The van der Waals surface area contributed by atoms with Gasteiger partial charge in [0.05, 0.1) is 11.7 Å². The van der Waals surface area contributed by atoms with Gasteiger partial charge >= 0.3 is 0 Å². The Bertz CT molecular complexity index is 519. The quantitative estimate of drug-likeness (QED) is 0.928. The van der Waals surface area contributed by atoms with E-state index in [2.05, 4.69) is 28.0 Å². The van der Waals surface area contributed by atoms with Crippen molar-refractivity contribution in [2.24, 2.45) is 5.73 Å². The second-order valence-corrected chi connectivity index (χ2v) is 5.51. The second-order valence-electron chi connectivity index (χ2n) is 4.16. The predicted octanol–water partition coefficient (Wildman–Crippen LogP) is 3.76. The van der Waals surface area contributed by atoms with Crippen LogP contribution in [0.25, 0.3) is 0 Å². The third-order valence-corrected chi connectivity index (χ3v) is 3.42. The van der Waals surface area contributed by atoms with Gasteiger partial charge in [-0.05, 0) is 36.2 Å². The minimum Gasteiger partial charge on any atom is -0.319 e. The maximum absolute atomic E-state index is 6.29. The van der Waals surface area contributed by atoms with Crippen molar-refractivity contribution in [1.29, 1.82) is 0 Å². The number of rotatable bonds is 4. The van der Waals surface area contributed by atoms with Crippen LogP contribution in [0, 0.1) is 0 Å². The minimum absolute atomic E-state index is 0.214. The number of nitrogens with zero attached hydrogens (tertiary/aromatic N) is 2. The molecule has 0 aliphatic rings. The molecule has 5 heteroatoms. The van der Waals surface area contributed by atoms with Crippen LogP contribution in [-0.4, -0.2) is 9.78 Å². The average molecular weight is 329 g/mol. The van der Waals surface area contributed by atoms with Crippen LogP contribution in [0.2, 0.25) is 5.02 Å². The Hall–Kier alpha value is -0.840. The number of aryl methyl sites for hydroxylation is 1. The normalized spacial score (nSPS) is 12.7. The Morgan fingerprint density at radius 3 is 2.89 bits per heavy atom. The number of hydrogen-bond acceptors (Lipinski definition) is 2. The van der Waals surface area contributed by atoms with E-state index in [4.69, 9.17) is 17.3 Å². The zero-order valence-electron chi connectivity index (χ0n) is 10.1. The van der Waals surface area contributed by atoms with E-state index in [0.29, 0.717) is 5.02 Å². The van der Waals surface area contributed by atoms with Crippen LogP contribution in [0.15, 0.2) is 34.9 Å². The summed E-state index contributed by atoms with van der Waals surface area (Å²) < 4.78 is 2.88. The molecule has 0 saturated carbocycles. The van der Waals surface area contributed by atoms with E-state index >= 15 is 0 Å². The Labute approximate surface area is 120 Å². The maximum atomic E-state index is 6.29. The van der Waals surface area contributed by atoms with Crippen LogP contribution in [0.3, 0.4) is 0 Å². The molecule has 1 unspecified atom stereocenters. The fourth-order valence-corrected chi connectivity index (χ4v) is 2.82. The first-order chi connectivity index (χ1) is 8.61. The molecule has 1 aromatic heterocycles. The van der Waals surface area contributed by atoms with Gasteiger partial charge in [-0.1, -0.05) is 34.5 Å². The first kappa shape index (κ1) is 13.6. The molecular weight excluding hydrogens is 314 g/mol. The summed E-state index contributed by atoms with van der Waals surface area (Å²) >= 11 is 9.48. The molecule has 96 valence electrons. The first-order valence-electron chi connectivity index (χ1n) is 5.85. The molecule has 0 fully saturated rings. The Kier molecular flexibility index (Phi) is 4.43. The molecule has 1 heterocycles. The van der Waals surface area contributed by atoms with Gasteiger partial charge in [-0.3, -0.25) is 4.68 Å². The lowest BCUT2D eigenvalue weighted by Crippen LogP contribution is -2.17. The molecule has 0 radical (unpaired) electrons. The summed E-state index contributed by atoms with van der Waals surface area (Å²) in [7, 11) is 0. The molecule has 0 saturated heterocycles. The third kappa shape index (κ3) is 2.94. The lowest BCUT2D eigenvalue weighted by atomic mass is 10.0. The van der Waals surface area contributed by atoms with Crippen molar-refractivity contribution in [2.45, 2.75) is 25.9 Å². The lowest BCUT2D eigenvalue weighted by Gasteiger charge is -2.15. The molecule has 3 nitrogen and oxygen atoms in total. The average Bonchev–Trinajstić information content (AvgIpc) is 2.75. The van der Waals surface area contributed by atoms with Crippen molar-refractivity contribution in [3.8, 4) is 0 Å². The zero-order chi connectivity index (χ0) is 13.1. The fraction of sp³-hybridized carbons (Fsp3) is 0.308. The third-order valence-electron chi connectivity index (χ3n) is 2.75. The molecule has 2 aromatic rings. The number of hydrogen-bond donors (Lipinski definition) is 1. The summed E-state index contributed by atoms with van der Waals surface area (Å²) in [5.74, 6) is 0. The van der Waals surface area contributed by atoms with E-state index in [1.807, 2.05) is 28.9 Å². The van der Waals surface area contributed by atoms with Crippen LogP contribution < -0.4 is 5.73 Å². The molecule has 18 heavy (non-hydrogen) atoms. The van der Waals surface area contributed by atoms with Crippen molar-refractivity contribution in [3.05, 3.63) is 51.2 Å². The molecule has 2 N–H and O–H groups in total. The smallest absolute Gasteiger partial charge is 0.0724 e. The minimum atomic E-state index is -0.214. The summed E-state index contributed by atoms with van der Waals surface area (Å²) in [4.78, 5) is 0. The van der Waals surface area contributed by atoms with Crippen molar-refractivity contribution in [1.82, 2.24) is 9.78 Å². The highest BCUT2D eigenvalue weighted by Crippen LogP contribution is 2.26. The lowest BCUT2D eigenvalue weighted by molar-refractivity contribution is 0.559. The standard InChI is InChI=1S/C13H15BrClN3/c1-2-5-18-12(3-4-17-18)13(16)9-6-10(14)8-11(15)7-9/h3-4,6-8,13H,2,5,16H2,1H3. The number of halogens is 2. The van der Waals surface area contributed by atoms with Gasteiger partial charge in [0.1, 0.15) is 0 Å². The maximum Gasteiger partial charge on any atom is 0.0724 e. The monoisotopic (exact) mass is 327 g/mol. The molecule has 0 amide bonds. The van der Waals surface area contributed by atoms with E-state index in [1.165, 1.54) is 0 Å². The molecule has 0 aliphatic carbocycles. The van der Waals surface area contributed by atoms with E-state index in [0.717, 1.165) is 28.7 Å².